The molecule has 4 rings (SSSR count). The summed E-state index contributed by atoms with van der Waals surface area (Å²) in [6, 6.07) is 7.80. The number of aromatic nitrogens is 4. The summed E-state index contributed by atoms with van der Waals surface area (Å²) in [5.41, 5.74) is 2.23. The van der Waals surface area contributed by atoms with Gasteiger partial charge in [0.25, 0.3) is 5.91 Å². The topological polar surface area (TPSA) is 72.7 Å². The quantitative estimate of drug-likeness (QED) is 0.801. The molecule has 0 spiro atoms. The van der Waals surface area contributed by atoms with Gasteiger partial charge in [0, 0.05) is 17.3 Å². The molecule has 0 unspecified atom stereocenters. The van der Waals surface area contributed by atoms with Gasteiger partial charge in [0.1, 0.15) is 5.82 Å². The van der Waals surface area contributed by atoms with E-state index in [2.05, 4.69) is 20.4 Å². The van der Waals surface area contributed by atoms with Crippen LogP contribution in [0.2, 0.25) is 0 Å². The number of hydrogen-bond donors (Lipinski definition) is 1. The maximum Gasteiger partial charge on any atom is 0.258 e. The molecule has 6 heteroatoms. The maximum atomic E-state index is 12.4. The molecule has 0 radical (unpaired) electrons. The number of nitrogens with zero attached hydrogens (tertiary/aromatic N) is 4. The van der Waals surface area contributed by atoms with E-state index in [-0.39, 0.29) is 5.91 Å². The second-order valence-electron chi connectivity index (χ2n) is 6.28. The second-order valence-corrected chi connectivity index (χ2v) is 6.28. The van der Waals surface area contributed by atoms with Crippen LogP contribution in [0.25, 0.3) is 11.0 Å². The van der Waals surface area contributed by atoms with E-state index in [0.717, 1.165) is 29.6 Å². The van der Waals surface area contributed by atoms with Crippen LogP contribution in [-0.2, 0) is 0 Å². The van der Waals surface area contributed by atoms with Crippen LogP contribution in [0, 0.1) is 6.92 Å². The summed E-state index contributed by atoms with van der Waals surface area (Å²) in [4.78, 5) is 21.2. The van der Waals surface area contributed by atoms with Crippen LogP contribution < -0.4 is 5.32 Å². The number of pyridine rings is 2. The number of aryl methyl sites for hydroxylation is 1. The lowest BCUT2D eigenvalue weighted by Crippen LogP contribution is -2.13. The Morgan fingerprint density at radius 1 is 1.25 bits per heavy atom. The van der Waals surface area contributed by atoms with Gasteiger partial charge in [-0.25, -0.2) is 14.6 Å². The van der Waals surface area contributed by atoms with E-state index in [4.69, 9.17) is 0 Å². The summed E-state index contributed by atoms with van der Waals surface area (Å²) >= 11 is 0. The lowest BCUT2D eigenvalue weighted by Gasteiger charge is -2.10. The van der Waals surface area contributed by atoms with Crippen LogP contribution >= 0.6 is 0 Å². The van der Waals surface area contributed by atoms with Crippen LogP contribution in [-0.4, -0.2) is 25.7 Å². The standard InChI is InChI=1S/C18H19N5O/c1-12-5-4-8-16(21-12)22-18(24)14-9-13-11-20-23(17(13)19-10-14)15-6-2-3-7-15/h4-5,8-11,15H,2-3,6-7H2,1H3,(H,21,22,24). The van der Waals surface area contributed by atoms with Crippen molar-refractivity contribution in [2.45, 2.75) is 38.6 Å². The monoisotopic (exact) mass is 321 g/mol. The maximum absolute atomic E-state index is 12.4. The smallest absolute Gasteiger partial charge is 0.258 e. The van der Waals surface area contributed by atoms with E-state index in [0.29, 0.717) is 17.4 Å². The van der Waals surface area contributed by atoms with E-state index in [1.165, 1.54) is 12.8 Å². The van der Waals surface area contributed by atoms with Crippen molar-refractivity contribution in [2.24, 2.45) is 0 Å². The molecular formula is C18H19N5O. The summed E-state index contributed by atoms with van der Waals surface area (Å²) < 4.78 is 2.01. The molecule has 1 aliphatic carbocycles. The van der Waals surface area contributed by atoms with Crippen molar-refractivity contribution in [2.75, 3.05) is 5.32 Å². The summed E-state index contributed by atoms with van der Waals surface area (Å²) in [6.07, 6.45) is 8.20. The minimum atomic E-state index is -0.212. The molecule has 3 aromatic heterocycles. The Labute approximate surface area is 139 Å². The van der Waals surface area contributed by atoms with Gasteiger partial charge >= 0.3 is 0 Å². The number of rotatable bonds is 3. The van der Waals surface area contributed by atoms with Gasteiger partial charge in [0.2, 0.25) is 0 Å². The minimum Gasteiger partial charge on any atom is -0.307 e. The molecule has 1 fully saturated rings. The van der Waals surface area contributed by atoms with Gasteiger partial charge in [-0.3, -0.25) is 4.79 Å². The Balaban J connectivity index is 1.59. The predicted molar refractivity (Wildman–Crippen MR) is 92.0 cm³/mol. The molecule has 0 atom stereocenters. The normalized spacial score (nSPS) is 15.0. The van der Waals surface area contributed by atoms with Gasteiger partial charge in [-0.15, -0.1) is 0 Å². The molecule has 1 N–H and O–H groups in total. The molecule has 122 valence electrons. The molecule has 0 aromatic carbocycles. The second kappa shape index (κ2) is 6.03. The number of nitrogens with one attached hydrogen (secondary N) is 1. The highest BCUT2D eigenvalue weighted by Crippen LogP contribution is 2.31. The van der Waals surface area contributed by atoms with Crippen molar-refractivity contribution in [1.82, 2.24) is 19.7 Å². The van der Waals surface area contributed by atoms with E-state index in [1.807, 2.05) is 29.8 Å². The molecular weight excluding hydrogens is 302 g/mol. The van der Waals surface area contributed by atoms with Crippen molar-refractivity contribution < 1.29 is 4.79 Å². The molecule has 6 nitrogen and oxygen atoms in total. The lowest BCUT2D eigenvalue weighted by molar-refractivity contribution is 0.102. The number of hydrogen-bond acceptors (Lipinski definition) is 4. The molecule has 0 aliphatic heterocycles. The van der Waals surface area contributed by atoms with Crippen molar-refractivity contribution in [1.29, 1.82) is 0 Å². The first-order valence-corrected chi connectivity index (χ1v) is 8.29. The highest BCUT2D eigenvalue weighted by molar-refractivity contribution is 6.05. The molecule has 24 heavy (non-hydrogen) atoms. The van der Waals surface area contributed by atoms with Gasteiger partial charge in [-0.1, -0.05) is 18.9 Å². The SMILES string of the molecule is Cc1cccc(NC(=O)c2cnc3c(cnn3C3CCCC3)c2)n1. The third-order valence-electron chi connectivity index (χ3n) is 4.50. The fraction of sp³-hybridized carbons (Fsp3) is 0.333. The van der Waals surface area contributed by atoms with E-state index >= 15 is 0 Å². The third kappa shape index (κ3) is 2.75. The Hall–Kier alpha value is -2.76. The van der Waals surface area contributed by atoms with Crippen molar-refractivity contribution in [3.05, 3.63) is 47.9 Å². The molecule has 1 amide bonds. The Morgan fingerprint density at radius 3 is 2.88 bits per heavy atom. The van der Waals surface area contributed by atoms with Crippen LogP contribution in [0.1, 0.15) is 47.8 Å². The zero-order valence-electron chi connectivity index (χ0n) is 13.6. The number of carbonyl (C=O) groups is 1. The lowest BCUT2D eigenvalue weighted by atomic mass is 10.2. The van der Waals surface area contributed by atoms with E-state index in [9.17, 15) is 4.79 Å². The highest BCUT2D eigenvalue weighted by atomic mass is 16.1. The highest BCUT2D eigenvalue weighted by Gasteiger charge is 2.20. The predicted octanol–water partition coefficient (Wildman–Crippen LogP) is 3.50. The number of amides is 1. The number of anilines is 1. The van der Waals surface area contributed by atoms with Crippen molar-refractivity contribution >= 4 is 22.8 Å². The Bertz CT molecular complexity index is 895. The first kappa shape index (κ1) is 14.8. The molecule has 3 aromatic rings. The fourth-order valence-electron chi connectivity index (χ4n) is 3.28. The van der Waals surface area contributed by atoms with Crippen molar-refractivity contribution in [3.8, 4) is 0 Å². The van der Waals surface area contributed by atoms with Gasteiger partial charge in [-0.05, 0) is 38.0 Å². The van der Waals surface area contributed by atoms with Gasteiger partial charge in [0.15, 0.2) is 5.65 Å². The Morgan fingerprint density at radius 2 is 2.08 bits per heavy atom. The van der Waals surface area contributed by atoms with Gasteiger partial charge in [0.05, 0.1) is 17.8 Å². The molecule has 0 saturated heterocycles. The molecule has 1 saturated carbocycles. The summed E-state index contributed by atoms with van der Waals surface area (Å²) in [5.74, 6) is 0.331. The van der Waals surface area contributed by atoms with Crippen molar-refractivity contribution in [3.63, 3.8) is 0 Å². The summed E-state index contributed by atoms with van der Waals surface area (Å²) in [7, 11) is 0. The third-order valence-corrected chi connectivity index (χ3v) is 4.50. The van der Waals surface area contributed by atoms with Gasteiger partial charge < -0.3 is 5.32 Å². The van der Waals surface area contributed by atoms with E-state index < -0.39 is 0 Å². The Kier molecular flexibility index (Phi) is 3.72. The average Bonchev–Trinajstić information content (AvgIpc) is 3.23. The van der Waals surface area contributed by atoms with Gasteiger partial charge in [-0.2, -0.15) is 5.10 Å². The number of carbonyl (C=O) groups excluding carboxylic acids is 1. The first-order valence-electron chi connectivity index (χ1n) is 8.29. The van der Waals surface area contributed by atoms with Crippen LogP contribution in [0.4, 0.5) is 5.82 Å². The average molecular weight is 321 g/mol. The molecule has 0 bridgehead atoms. The minimum absolute atomic E-state index is 0.212. The summed E-state index contributed by atoms with van der Waals surface area (Å²) in [5, 5.41) is 8.19. The van der Waals surface area contributed by atoms with E-state index in [1.54, 1.807) is 18.5 Å². The summed E-state index contributed by atoms with van der Waals surface area (Å²) in [6.45, 7) is 1.89. The van der Waals surface area contributed by atoms with Crippen LogP contribution in [0.5, 0.6) is 0 Å². The van der Waals surface area contributed by atoms with Crippen LogP contribution in [0.3, 0.4) is 0 Å². The largest absolute Gasteiger partial charge is 0.307 e. The zero-order valence-corrected chi connectivity index (χ0v) is 13.6. The fourth-order valence-corrected chi connectivity index (χ4v) is 3.28. The van der Waals surface area contributed by atoms with Crippen LogP contribution in [0.15, 0.2) is 36.7 Å². The molecule has 3 heterocycles. The first-order chi connectivity index (χ1) is 11.7. The molecule has 1 aliphatic rings. The number of fused-ring (bicyclic) bond motifs is 1. The zero-order chi connectivity index (χ0) is 16.5.